The molecule has 1 heterocycles. The molecule has 0 spiro atoms. The molecule has 0 saturated carbocycles. The first-order valence-corrected chi connectivity index (χ1v) is 7.86. The molecule has 0 unspecified atom stereocenters. The fourth-order valence-corrected chi connectivity index (χ4v) is 2.78. The van der Waals surface area contributed by atoms with E-state index in [0.717, 1.165) is 0 Å². The maximum atomic E-state index is 12.0. The molecule has 24 heavy (non-hydrogen) atoms. The molecule has 0 radical (unpaired) electrons. The number of fused-ring (bicyclic) bond motifs is 1. The smallest absolute Gasteiger partial charge is 0.310 e. The Morgan fingerprint density at radius 2 is 1.79 bits per heavy atom. The van der Waals surface area contributed by atoms with Crippen molar-refractivity contribution in [2.75, 3.05) is 0 Å². The molecule has 5 nitrogen and oxygen atoms in total. The molecule has 1 aromatic heterocycles. The Kier molecular flexibility index (Phi) is 4.83. The average molecular weight is 363 g/mol. The minimum atomic E-state index is -0.513. The Bertz CT molecular complexity index is 949. The van der Waals surface area contributed by atoms with Crippen molar-refractivity contribution in [2.24, 2.45) is 0 Å². The number of benzene rings is 2. The first-order valence-electron chi connectivity index (χ1n) is 7.11. The van der Waals surface area contributed by atoms with Crippen molar-refractivity contribution in [3.63, 3.8) is 0 Å². The van der Waals surface area contributed by atoms with Crippen molar-refractivity contribution < 1.29 is 9.53 Å². The lowest BCUT2D eigenvalue weighted by Gasteiger charge is -2.08. The molecule has 0 amide bonds. The molecule has 0 aliphatic heterocycles. The Morgan fingerprint density at radius 3 is 2.54 bits per heavy atom. The van der Waals surface area contributed by atoms with Crippen LogP contribution in [0.1, 0.15) is 11.4 Å². The summed E-state index contributed by atoms with van der Waals surface area (Å²) in [7, 11) is 0. The van der Waals surface area contributed by atoms with Crippen LogP contribution in [0.3, 0.4) is 0 Å². The number of ether oxygens (including phenoxy) is 1. The molecule has 3 aromatic rings. The van der Waals surface area contributed by atoms with Gasteiger partial charge in [0.1, 0.15) is 12.4 Å². The van der Waals surface area contributed by atoms with Crippen LogP contribution in [0.4, 0.5) is 0 Å². The highest BCUT2D eigenvalue weighted by molar-refractivity contribution is 6.36. The van der Waals surface area contributed by atoms with Gasteiger partial charge in [0.15, 0.2) is 0 Å². The number of rotatable bonds is 4. The zero-order chi connectivity index (χ0) is 17.1. The zero-order valence-electron chi connectivity index (χ0n) is 12.4. The van der Waals surface area contributed by atoms with Crippen molar-refractivity contribution in [3.05, 3.63) is 74.3 Å². The van der Waals surface area contributed by atoms with Crippen molar-refractivity contribution >= 4 is 40.1 Å². The van der Waals surface area contributed by atoms with Crippen molar-refractivity contribution in [1.82, 2.24) is 9.97 Å². The van der Waals surface area contributed by atoms with Crippen LogP contribution < -0.4 is 5.56 Å². The lowest BCUT2D eigenvalue weighted by molar-refractivity contribution is -0.144. The summed E-state index contributed by atoms with van der Waals surface area (Å²) < 4.78 is 5.16. The summed E-state index contributed by atoms with van der Waals surface area (Å²) in [6.45, 7) is -0.138. The molecule has 0 fully saturated rings. The van der Waals surface area contributed by atoms with Crippen molar-refractivity contribution in [1.29, 1.82) is 0 Å². The van der Waals surface area contributed by atoms with Gasteiger partial charge in [0.2, 0.25) is 0 Å². The topological polar surface area (TPSA) is 72.0 Å². The van der Waals surface area contributed by atoms with Crippen LogP contribution in [0.15, 0.2) is 47.3 Å². The Balaban J connectivity index is 1.72. The van der Waals surface area contributed by atoms with Crippen LogP contribution in [-0.2, 0) is 22.6 Å². The predicted octanol–water partition coefficient (Wildman–Crippen LogP) is 3.52. The van der Waals surface area contributed by atoms with Crippen molar-refractivity contribution in [2.45, 2.75) is 13.0 Å². The third-order valence-electron chi connectivity index (χ3n) is 3.41. The molecule has 1 N–H and O–H groups in total. The van der Waals surface area contributed by atoms with E-state index in [2.05, 4.69) is 9.97 Å². The fourth-order valence-electron chi connectivity index (χ4n) is 2.25. The second-order valence-corrected chi connectivity index (χ2v) is 5.88. The summed E-state index contributed by atoms with van der Waals surface area (Å²) in [5.74, 6) is -0.238. The van der Waals surface area contributed by atoms with Crippen LogP contribution in [0.25, 0.3) is 10.9 Å². The largest absolute Gasteiger partial charge is 0.457 e. The third-order valence-corrected chi connectivity index (χ3v) is 4.12. The molecule has 3 rings (SSSR count). The summed E-state index contributed by atoms with van der Waals surface area (Å²) >= 11 is 12.0. The first-order chi connectivity index (χ1) is 11.5. The number of H-pyrrole nitrogens is 1. The van der Waals surface area contributed by atoms with E-state index >= 15 is 0 Å². The van der Waals surface area contributed by atoms with Gasteiger partial charge in [-0.2, -0.15) is 0 Å². The van der Waals surface area contributed by atoms with Gasteiger partial charge >= 0.3 is 5.97 Å². The van der Waals surface area contributed by atoms with Crippen LogP contribution in [-0.4, -0.2) is 15.9 Å². The summed E-state index contributed by atoms with van der Waals surface area (Å²) in [6, 6.07) is 11.9. The predicted molar refractivity (Wildman–Crippen MR) is 92.3 cm³/mol. The van der Waals surface area contributed by atoms with E-state index < -0.39 is 5.97 Å². The normalized spacial score (nSPS) is 10.8. The average Bonchev–Trinajstić information content (AvgIpc) is 2.56. The van der Waals surface area contributed by atoms with Crippen LogP contribution in [0, 0.1) is 0 Å². The van der Waals surface area contributed by atoms with Crippen LogP contribution in [0.2, 0.25) is 10.0 Å². The number of aromatic nitrogens is 2. The maximum absolute atomic E-state index is 12.0. The molecular formula is C17H12Cl2N2O3. The van der Waals surface area contributed by atoms with E-state index in [-0.39, 0.29) is 24.4 Å². The lowest BCUT2D eigenvalue weighted by atomic mass is 10.1. The maximum Gasteiger partial charge on any atom is 0.310 e. The van der Waals surface area contributed by atoms with Gasteiger partial charge < -0.3 is 9.72 Å². The highest BCUT2D eigenvalue weighted by atomic mass is 35.5. The van der Waals surface area contributed by atoms with Gasteiger partial charge in [0.05, 0.1) is 17.3 Å². The van der Waals surface area contributed by atoms with Crippen LogP contribution >= 0.6 is 23.2 Å². The fraction of sp³-hybridized carbons (Fsp3) is 0.118. The van der Waals surface area contributed by atoms with Gasteiger partial charge in [0, 0.05) is 15.6 Å². The molecule has 0 aliphatic rings. The molecule has 0 bridgehead atoms. The van der Waals surface area contributed by atoms with E-state index in [0.29, 0.717) is 26.5 Å². The number of nitrogens with one attached hydrogen (secondary N) is 1. The number of hydrogen-bond donors (Lipinski definition) is 1. The van der Waals surface area contributed by atoms with Crippen molar-refractivity contribution in [3.8, 4) is 0 Å². The van der Waals surface area contributed by atoms with Gasteiger partial charge in [0.25, 0.3) is 5.56 Å². The highest BCUT2D eigenvalue weighted by Gasteiger charge is 2.13. The second kappa shape index (κ2) is 7.03. The summed E-state index contributed by atoms with van der Waals surface area (Å²) in [4.78, 5) is 30.8. The quantitative estimate of drug-likeness (QED) is 0.720. The van der Waals surface area contributed by atoms with E-state index in [9.17, 15) is 9.59 Å². The van der Waals surface area contributed by atoms with Gasteiger partial charge in [-0.05, 0) is 24.3 Å². The molecule has 0 saturated heterocycles. The van der Waals surface area contributed by atoms with Gasteiger partial charge in [-0.3, -0.25) is 9.59 Å². The number of halogens is 2. The van der Waals surface area contributed by atoms with Gasteiger partial charge in [-0.1, -0.05) is 41.4 Å². The first kappa shape index (κ1) is 16.5. The third kappa shape index (κ3) is 3.58. The van der Waals surface area contributed by atoms with E-state index in [1.807, 2.05) is 0 Å². The molecule has 7 heteroatoms. The summed E-state index contributed by atoms with van der Waals surface area (Å²) in [5.41, 5.74) is 0.771. The van der Waals surface area contributed by atoms with E-state index in [4.69, 9.17) is 27.9 Å². The molecule has 122 valence electrons. The number of esters is 1. The number of hydrogen-bond acceptors (Lipinski definition) is 4. The second-order valence-electron chi connectivity index (χ2n) is 5.07. The molecular weight excluding hydrogens is 351 g/mol. The monoisotopic (exact) mass is 362 g/mol. The number of para-hydroxylation sites is 1. The lowest BCUT2D eigenvalue weighted by Crippen LogP contribution is -2.15. The standard InChI is InChI=1S/C17H12Cl2N2O3/c18-12-5-3-6-13(19)11(12)8-16(22)24-9-15-20-14-7-2-1-4-10(14)17(23)21-15/h1-7H,8-9H2,(H,20,21,23). The molecule has 0 atom stereocenters. The Labute approximate surface area is 147 Å². The number of aromatic amines is 1. The Hall–Kier alpha value is -2.37. The number of carbonyl (C=O) groups is 1. The minimum Gasteiger partial charge on any atom is -0.457 e. The zero-order valence-corrected chi connectivity index (χ0v) is 13.9. The minimum absolute atomic E-state index is 0.0592. The molecule has 0 aliphatic carbocycles. The highest BCUT2D eigenvalue weighted by Crippen LogP contribution is 2.24. The Morgan fingerprint density at radius 1 is 1.08 bits per heavy atom. The van der Waals surface area contributed by atoms with E-state index in [1.54, 1.807) is 42.5 Å². The van der Waals surface area contributed by atoms with Gasteiger partial charge in [-0.15, -0.1) is 0 Å². The van der Waals surface area contributed by atoms with Crippen LogP contribution in [0.5, 0.6) is 0 Å². The number of nitrogens with zero attached hydrogens (tertiary/aromatic N) is 1. The summed E-state index contributed by atoms with van der Waals surface area (Å²) in [5, 5.41) is 1.28. The summed E-state index contributed by atoms with van der Waals surface area (Å²) in [6.07, 6.45) is -0.0592. The SMILES string of the molecule is O=C(Cc1c(Cl)cccc1Cl)OCc1nc2ccccc2c(=O)[nH]1. The van der Waals surface area contributed by atoms with Gasteiger partial charge in [-0.25, -0.2) is 4.98 Å². The molecule has 2 aromatic carbocycles. The number of carbonyl (C=O) groups excluding carboxylic acids is 1. The van der Waals surface area contributed by atoms with E-state index in [1.165, 1.54) is 0 Å².